The number of phenolic OH excluding ortho intramolecular Hbond substituents is 1. The average Bonchev–Trinajstić information content (AvgIpc) is 3.02. The first-order valence-electron chi connectivity index (χ1n) is 9.51. The molecule has 1 N–H and O–H groups in total. The molecule has 4 rings (SSSR count). The first-order chi connectivity index (χ1) is 15.2. The molecule has 2 aliphatic heterocycles. The highest BCUT2D eigenvalue weighted by Crippen LogP contribution is 2.38. The minimum absolute atomic E-state index is 0.0134. The fourth-order valence-corrected chi connectivity index (χ4v) is 4.63. The predicted molar refractivity (Wildman–Crippen MR) is 118 cm³/mol. The van der Waals surface area contributed by atoms with Crippen molar-refractivity contribution in [3.63, 3.8) is 0 Å². The Kier molecular flexibility index (Phi) is 5.90. The number of phenols is 1. The fourth-order valence-electron chi connectivity index (χ4n) is 3.58. The Hall–Kier alpha value is -3.37. The lowest BCUT2D eigenvalue weighted by molar-refractivity contribution is -0.385. The number of amides is 3. The highest BCUT2D eigenvalue weighted by Gasteiger charge is 2.38. The molecule has 0 unspecified atom stereocenters. The molecule has 0 saturated carbocycles. The normalized spacial score (nSPS) is 17.1. The van der Waals surface area contributed by atoms with Gasteiger partial charge in [0.25, 0.3) is 11.1 Å². The molecule has 0 spiro atoms. The Bertz CT molecular complexity index is 1200. The van der Waals surface area contributed by atoms with Crippen LogP contribution >= 0.6 is 23.4 Å². The molecular weight excluding hydrogens is 458 g/mol. The van der Waals surface area contributed by atoms with Gasteiger partial charge in [-0.05, 0) is 41.5 Å². The van der Waals surface area contributed by atoms with Crippen molar-refractivity contribution in [1.82, 2.24) is 9.80 Å². The number of imide groups is 1. The molecule has 32 heavy (non-hydrogen) atoms. The molecular formula is C21H16ClN3O6S. The molecule has 1 fully saturated rings. The minimum atomic E-state index is -0.806. The van der Waals surface area contributed by atoms with E-state index >= 15 is 0 Å². The topological polar surface area (TPSA) is 121 Å². The fraction of sp³-hybridized carbons (Fsp3) is 0.190. The van der Waals surface area contributed by atoms with Gasteiger partial charge in [-0.3, -0.25) is 29.4 Å². The van der Waals surface area contributed by atoms with Gasteiger partial charge in [-0.25, -0.2) is 0 Å². The van der Waals surface area contributed by atoms with Crippen LogP contribution in [0.25, 0.3) is 6.08 Å². The molecule has 2 heterocycles. The predicted octanol–water partition coefficient (Wildman–Crippen LogP) is 3.58. The number of nitro groups is 1. The number of carbonyl (C=O) groups excluding carboxylic acids is 3. The number of rotatable bonds is 4. The summed E-state index contributed by atoms with van der Waals surface area (Å²) >= 11 is 6.46. The number of nitrogens with zero attached hydrogens (tertiary/aromatic N) is 3. The summed E-state index contributed by atoms with van der Waals surface area (Å²) in [6.07, 6.45) is 1.84. The zero-order valence-electron chi connectivity index (χ0n) is 16.5. The van der Waals surface area contributed by atoms with Crippen LogP contribution in [0.2, 0.25) is 5.02 Å². The van der Waals surface area contributed by atoms with Gasteiger partial charge in [0.1, 0.15) is 6.54 Å². The summed E-state index contributed by atoms with van der Waals surface area (Å²) in [5, 5.41) is 20.6. The van der Waals surface area contributed by atoms with Gasteiger partial charge in [0, 0.05) is 29.7 Å². The van der Waals surface area contributed by atoms with E-state index in [2.05, 4.69) is 0 Å². The molecule has 164 valence electrons. The monoisotopic (exact) mass is 473 g/mol. The largest absolute Gasteiger partial charge is 0.502 e. The zero-order chi connectivity index (χ0) is 23.0. The van der Waals surface area contributed by atoms with Crippen LogP contribution in [0.5, 0.6) is 5.75 Å². The lowest BCUT2D eigenvalue weighted by Gasteiger charge is -2.29. The van der Waals surface area contributed by atoms with Crippen molar-refractivity contribution in [2.24, 2.45) is 0 Å². The van der Waals surface area contributed by atoms with Crippen molar-refractivity contribution in [3.8, 4) is 5.75 Å². The van der Waals surface area contributed by atoms with Crippen LogP contribution in [0.3, 0.4) is 0 Å². The Morgan fingerprint density at radius 3 is 2.69 bits per heavy atom. The van der Waals surface area contributed by atoms with Gasteiger partial charge in [0.15, 0.2) is 0 Å². The number of carbonyl (C=O) groups is 3. The van der Waals surface area contributed by atoms with E-state index in [0.29, 0.717) is 31.3 Å². The standard InChI is InChI=1S/C21H16ClN3O6S/c22-15-7-14(19(27)16(9-15)25(30)31)8-17-20(28)24(21(29)32-17)11-18(26)23-6-5-12-3-1-2-4-13(12)10-23/h1-4,7-9,27H,5-6,10-11H2/b17-8-. The third kappa shape index (κ3) is 4.19. The molecule has 1 saturated heterocycles. The average molecular weight is 474 g/mol. The van der Waals surface area contributed by atoms with Gasteiger partial charge < -0.3 is 10.0 Å². The van der Waals surface area contributed by atoms with Gasteiger partial charge in [-0.15, -0.1) is 0 Å². The highest BCUT2D eigenvalue weighted by atomic mass is 35.5. The molecule has 2 aliphatic rings. The second kappa shape index (κ2) is 8.64. The van der Waals surface area contributed by atoms with Crippen LogP contribution in [0.1, 0.15) is 16.7 Å². The number of fused-ring (bicyclic) bond motifs is 1. The van der Waals surface area contributed by atoms with E-state index in [9.17, 15) is 29.6 Å². The second-order valence-electron chi connectivity index (χ2n) is 7.22. The third-order valence-corrected chi connectivity index (χ3v) is 6.34. The maximum atomic E-state index is 12.8. The van der Waals surface area contributed by atoms with Crippen molar-refractivity contribution in [2.45, 2.75) is 13.0 Å². The van der Waals surface area contributed by atoms with E-state index in [4.69, 9.17) is 11.6 Å². The number of nitro benzene ring substituents is 1. The molecule has 0 radical (unpaired) electrons. The van der Waals surface area contributed by atoms with Gasteiger partial charge in [-0.1, -0.05) is 35.9 Å². The van der Waals surface area contributed by atoms with Crippen molar-refractivity contribution >= 4 is 52.2 Å². The minimum Gasteiger partial charge on any atom is -0.502 e. The van der Waals surface area contributed by atoms with Gasteiger partial charge >= 0.3 is 5.69 Å². The highest BCUT2D eigenvalue weighted by molar-refractivity contribution is 8.18. The number of benzene rings is 2. The van der Waals surface area contributed by atoms with E-state index in [-0.39, 0.29) is 21.4 Å². The molecule has 0 aliphatic carbocycles. The van der Waals surface area contributed by atoms with Crippen LogP contribution in [-0.2, 0) is 22.6 Å². The Balaban J connectivity index is 1.51. The Morgan fingerprint density at radius 1 is 1.25 bits per heavy atom. The summed E-state index contributed by atoms with van der Waals surface area (Å²) < 4.78 is 0. The molecule has 0 bridgehead atoms. The molecule has 0 aromatic heterocycles. The van der Waals surface area contributed by atoms with Crippen molar-refractivity contribution in [2.75, 3.05) is 13.1 Å². The van der Waals surface area contributed by atoms with E-state index < -0.39 is 34.1 Å². The lowest BCUT2D eigenvalue weighted by atomic mass is 10.00. The Labute approximate surface area is 191 Å². The molecule has 2 aromatic carbocycles. The lowest BCUT2D eigenvalue weighted by Crippen LogP contribution is -2.44. The first-order valence-corrected chi connectivity index (χ1v) is 10.7. The summed E-state index contributed by atoms with van der Waals surface area (Å²) in [4.78, 5) is 50.5. The van der Waals surface area contributed by atoms with E-state index in [1.807, 2.05) is 24.3 Å². The second-order valence-corrected chi connectivity index (χ2v) is 8.65. The maximum Gasteiger partial charge on any atom is 0.312 e. The van der Waals surface area contributed by atoms with Crippen molar-refractivity contribution < 1.29 is 24.4 Å². The van der Waals surface area contributed by atoms with Crippen molar-refractivity contribution in [1.29, 1.82) is 0 Å². The molecule has 11 heteroatoms. The zero-order valence-corrected chi connectivity index (χ0v) is 18.1. The third-order valence-electron chi connectivity index (χ3n) is 5.22. The van der Waals surface area contributed by atoms with Crippen LogP contribution in [0.15, 0.2) is 41.3 Å². The molecule has 2 aromatic rings. The number of halogens is 1. The summed E-state index contributed by atoms with van der Waals surface area (Å²) in [5.41, 5.74) is 1.50. The SMILES string of the molecule is O=C(CN1C(=O)S/C(=C\c2cc(Cl)cc([N+](=O)[O-])c2O)C1=O)N1CCc2ccccc2C1. The quantitative estimate of drug-likeness (QED) is 0.409. The van der Waals surface area contributed by atoms with Crippen LogP contribution in [0, 0.1) is 10.1 Å². The maximum absolute atomic E-state index is 12.8. The smallest absolute Gasteiger partial charge is 0.312 e. The molecule has 9 nitrogen and oxygen atoms in total. The van der Waals surface area contributed by atoms with E-state index in [0.717, 1.165) is 22.6 Å². The Morgan fingerprint density at radius 2 is 1.97 bits per heavy atom. The summed E-state index contributed by atoms with van der Waals surface area (Å²) in [6.45, 7) is 0.481. The van der Waals surface area contributed by atoms with Gasteiger partial charge in [-0.2, -0.15) is 0 Å². The number of hydrogen-bond acceptors (Lipinski definition) is 7. The number of aromatic hydroxyl groups is 1. The van der Waals surface area contributed by atoms with Gasteiger partial charge in [0.2, 0.25) is 11.7 Å². The first kappa shape index (κ1) is 21.8. The van der Waals surface area contributed by atoms with Crippen LogP contribution < -0.4 is 0 Å². The molecule has 0 atom stereocenters. The van der Waals surface area contributed by atoms with Gasteiger partial charge in [0.05, 0.1) is 9.83 Å². The summed E-state index contributed by atoms with van der Waals surface area (Å²) in [7, 11) is 0. The number of thioether (sulfide) groups is 1. The summed E-state index contributed by atoms with van der Waals surface area (Å²) in [5.74, 6) is -1.74. The number of hydrogen-bond donors (Lipinski definition) is 1. The van der Waals surface area contributed by atoms with Crippen LogP contribution in [-0.4, -0.2) is 50.0 Å². The van der Waals surface area contributed by atoms with Crippen LogP contribution in [0.4, 0.5) is 10.5 Å². The van der Waals surface area contributed by atoms with Crippen molar-refractivity contribution in [3.05, 3.63) is 73.1 Å². The molecule has 3 amide bonds. The van der Waals surface area contributed by atoms with E-state index in [1.54, 1.807) is 4.90 Å². The summed E-state index contributed by atoms with van der Waals surface area (Å²) in [6, 6.07) is 10.0. The van der Waals surface area contributed by atoms with E-state index in [1.165, 1.54) is 11.6 Å².